The van der Waals surface area contributed by atoms with Crippen LogP contribution < -0.4 is 0 Å². The first kappa shape index (κ1) is 12.7. The van der Waals surface area contributed by atoms with E-state index < -0.39 is 5.54 Å². The molecule has 2 nitrogen and oxygen atoms in total. The second-order valence-corrected chi connectivity index (χ2v) is 4.22. The zero-order valence-corrected chi connectivity index (χ0v) is 10.4. The molecule has 0 saturated heterocycles. The molecule has 16 heavy (non-hydrogen) atoms. The van der Waals surface area contributed by atoms with Crippen LogP contribution in [-0.2, 0) is 6.42 Å². The standard InChI is InChI=1S/C14H20N2/c1-4-16(5-2)14(3,12-15)11-13-9-7-6-8-10-13/h6-10H,4-5,11H2,1-3H3. The van der Waals surface area contributed by atoms with E-state index in [4.69, 9.17) is 0 Å². The summed E-state index contributed by atoms with van der Waals surface area (Å²) >= 11 is 0. The number of hydrogen-bond acceptors (Lipinski definition) is 2. The van der Waals surface area contributed by atoms with E-state index in [0.29, 0.717) is 0 Å². The minimum absolute atomic E-state index is 0.398. The van der Waals surface area contributed by atoms with E-state index in [1.807, 2.05) is 25.1 Å². The number of nitriles is 1. The Balaban J connectivity index is 2.86. The van der Waals surface area contributed by atoms with E-state index in [-0.39, 0.29) is 0 Å². The van der Waals surface area contributed by atoms with Gasteiger partial charge in [-0.25, -0.2) is 0 Å². The van der Waals surface area contributed by atoms with E-state index in [9.17, 15) is 5.26 Å². The lowest BCUT2D eigenvalue weighted by atomic mass is 9.92. The zero-order chi connectivity index (χ0) is 12.0. The Hall–Kier alpha value is -1.33. The molecule has 2 heteroatoms. The summed E-state index contributed by atoms with van der Waals surface area (Å²) in [6.07, 6.45) is 0.784. The summed E-state index contributed by atoms with van der Waals surface area (Å²) in [5.74, 6) is 0. The number of nitrogens with zero attached hydrogens (tertiary/aromatic N) is 2. The highest BCUT2D eigenvalue weighted by atomic mass is 15.2. The van der Waals surface area contributed by atoms with Gasteiger partial charge in [0.25, 0.3) is 0 Å². The topological polar surface area (TPSA) is 27.0 Å². The van der Waals surface area contributed by atoms with Gasteiger partial charge in [0.1, 0.15) is 5.54 Å². The molecule has 0 heterocycles. The van der Waals surface area contributed by atoms with Gasteiger partial charge in [0.05, 0.1) is 6.07 Å². The van der Waals surface area contributed by atoms with E-state index in [1.54, 1.807) is 0 Å². The Morgan fingerprint density at radius 3 is 2.19 bits per heavy atom. The molecular weight excluding hydrogens is 196 g/mol. The second-order valence-electron chi connectivity index (χ2n) is 4.22. The Bertz CT molecular complexity index is 349. The van der Waals surface area contributed by atoms with Crippen LogP contribution in [0.15, 0.2) is 30.3 Å². The second kappa shape index (κ2) is 5.67. The lowest BCUT2D eigenvalue weighted by Crippen LogP contribution is -2.46. The maximum atomic E-state index is 9.39. The van der Waals surface area contributed by atoms with Gasteiger partial charge in [-0.15, -0.1) is 0 Å². The normalized spacial score (nSPS) is 14.4. The summed E-state index contributed by atoms with van der Waals surface area (Å²) in [4.78, 5) is 2.21. The third-order valence-corrected chi connectivity index (χ3v) is 3.09. The molecule has 0 saturated carbocycles. The highest BCUT2D eigenvalue weighted by Crippen LogP contribution is 2.19. The SMILES string of the molecule is CCN(CC)C(C)(C#N)Cc1ccccc1. The first-order chi connectivity index (χ1) is 7.66. The third-order valence-electron chi connectivity index (χ3n) is 3.09. The van der Waals surface area contributed by atoms with Crippen LogP contribution >= 0.6 is 0 Å². The smallest absolute Gasteiger partial charge is 0.110 e. The Kier molecular flexibility index (Phi) is 4.52. The van der Waals surface area contributed by atoms with Crippen molar-refractivity contribution in [2.45, 2.75) is 32.7 Å². The zero-order valence-electron chi connectivity index (χ0n) is 10.4. The average Bonchev–Trinajstić information content (AvgIpc) is 2.32. The van der Waals surface area contributed by atoms with Crippen molar-refractivity contribution in [3.63, 3.8) is 0 Å². The van der Waals surface area contributed by atoms with Crippen molar-refractivity contribution in [2.24, 2.45) is 0 Å². The van der Waals surface area contributed by atoms with E-state index in [1.165, 1.54) is 5.56 Å². The van der Waals surface area contributed by atoms with Crippen LogP contribution in [0.25, 0.3) is 0 Å². The minimum Gasteiger partial charge on any atom is -0.286 e. The fourth-order valence-electron chi connectivity index (χ4n) is 2.14. The van der Waals surface area contributed by atoms with Gasteiger partial charge in [-0.3, -0.25) is 4.90 Å². The Morgan fingerprint density at radius 1 is 1.19 bits per heavy atom. The molecule has 0 N–H and O–H groups in total. The molecule has 1 rings (SSSR count). The van der Waals surface area contributed by atoms with Crippen molar-refractivity contribution in [3.8, 4) is 6.07 Å². The van der Waals surface area contributed by atoms with Crippen LogP contribution in [0.1, 0.15) is 26.3 Å². The molecule has 0 amide bonds. The van der Waals surface area contributed by atoms with Crippen molar-refractivity contribution < 1.29 is 0 Å². The van der Waals surface area contributed by atoms with Gasteiger partial charge in [0, 0.05) is 6.42 Å². The van der Waals surface area contributed by atoms with Crippen molar-refractivity contribution in [2.75, 3.05) is 13.1 Å². The summed E-state index contributed by atoms with van der Waals surface area (Å²) in [6.45, 7) is 8.04. The predicted molar refractivity (Wildman–Crippen MR) is 67.1 cm³/mol. The van der Waals surface area contributed by atoms with Crippen molar-refractivity contribution >= 4 is 0 Å². The van der Waals surface area contributed by atoms with Crippen LogP contribution in [0, 0.1) is 11.3 Å². The van der Waals surface area contributed by atoms with Gasteiger partial charge >= 0.3 is 0 Å². The first-order valence-electron chi connectivity index (χ1n) is 5.86. The van der Waals surface area contributed by atoms with Gasteiger partial charge in [-0.05, 0) is 25.6 Å². The molecule has 0 spiro atoms. The molecule has 0 radical (unpaired) electrons. The lowest BCUT2D eigenvalue weighted by molar-refractivity contribution is 0.169. The van der Waals surface area contributed by atoms with E-state index >= 15 is 0 Å². The lowest BCUT2D eigenvalue weighted by Gasteiger charge is -2.34. The van der Waals surface area contributed by atoms with Crippen molar-refractivity contribution in [1.29, 1.82) is 5.26 Å². The van der Waals surface area contributed by atoms with E-state index in [2.05, 4.69) is 36.9 Å². The number of benzene rings is 1. The molecule has 0 aromatic heterocycles. The highest BCUT2D eigenvalue weighted by molar-refractivity contribution is 5.21. The van der Waals surface area contributed by atoms with Crippen LogP contribution in [0.3, 0.4) is 0 Å². The van der Waals surface area contributed by atoms with Gasteiger partial charge in [-0.2, -0.15) is 5.26 Å². The summed E-state index contributed by atoms with van der Waals surface area (Å²) in [7, 11) is 0. The molecule has 0 aliphatic carbocycles. The van der Waals surface area contributed by atoms with Crippen molar-refractivity contribution in [1.82, 2.24) is 4.90 Å². The maximum absolute atomic E-state index is 9.39. The summed E-state index contributed by atoms with van der Waals surface area (Å²) < 4.78 is 0. The molecule has 1 aromatic carbocycles. The van der Waals surface area contributed by atoms with Crippen molar-refractivity contribution in [3.05, 3.63) is 35.9 Å². The van der Waals surface area contributed by atoms with Gasteiger partial charge in [0.2, 0.25) is 0 Å². The molecule has 86 valence electrons. The molecule has 1 aromatic rings. The third kappa shape index (κ3) is 2.84. The molecule has 1 atom stereocenters. The monoisotopic (exact) mass is 216 g/mol. The molecule has 1 unspecified atom stereocenters. The van der Waals surface area contributed by atoms with E-state index in [0.717, 1.165) is 19.5 Å². The maximum Gasteiger partial charge on any atom is 0.110 e. The molecule has 0 aliphatic heterocycles. The predicted octanol–water partition coefficient (Wildman–Crippen LogP) is 2.85. The largest absolute Gasteiger partial charge is 0.286 e. The summed E-state index contributed by atoms with van der Waals surface area (Å²) in [6, 6.07) is 12.7. The van der Waals surface area contributed by atoms with Gasteiger partial charge in [-0.1, -0.05) is 44.2 Å². The Morgan fingerprint density at radius 2 is 1.75 bits per heavy atom. The highest BCUT2D eigenvalue weighted by Gasteiger charge is 2.29. The molecule has 0 bridgehead atoms. The van der Waals surface area contributed by atoms with Crippen LogP contribution in [0.5, 0.6) is 0 Å². The summed E-state index contributed by atoms with van der Waals surface area (Å²) in [5, 5.41) is 9.39. The fourth-order valence-corrected chi connectivity index (χ4v) is 2.14. The van der Waals surface area contributed by atoms with Crippen LogP contribution in [0.4, 0.5) is 0 Å². The first-order valence-corrected chi connectivity index (χ1v) is 5.86. The minimum atomic E-state index is -0.398. The number of hydrogen-bond donors (Lipinski definition) is 0. The van der Waals surface area contributed by atoms with Crippen LogP contribution in [0.2, 0.25) is 0 Å². The summed E-state index contributed by atoms with van der Waals surface area (Å²) in [5.41, 5.74) is 0.823. The number of rotatable bonds is 5. The molecule has 0 aliphatic rings. The van der Waals surface area contributed by atoms with Gasteiger partial charge in [0.15, 0.2) is 0 Å². The fraction of sp³-hybridized carbons (Fsp3) is 0.500. The Labute approximate surface area is 98.5 Å². The number of likely N-dealkylation sites (N-methyl/N-ethyl adjacent to an activating group) is 1. The molecule has 0 fully saturated rings. The quantitative estimate of drug-likeness (QED) is 0.756. The average molecular weight is 216 g/mol. The van der Waals surface area contributed by atoms with Gasteiger partial charge < -0.3 is 0 Å². The van der Waals surface area contributed by atoms with Crippen LogP contribution in [-0.4, -0.2) is 23.5 Å². The molecular formula is C14H20N2.